The molecule has 0 aliphatic heterocycles. The monoisotopic (exact) mass is 368 g/mol. The molecule has 112 valence electrons. The van der Waals surface area contributed by atoms with Gasteiger partial charge >= 0.3 is 0 Å². The van der Waals surface area contributed by atoms with Crippen molar-refractivity contribution < 1.29 is 9.47 Å². The first-order valence-corrected chi connectivity index (χ1v) is 8.09. The zero-order valence-electron chi connectivity index (χ0n) is 12.1. The molecule has 0 saturated heterocycles. The Morgan fingerprint density at radius 3 is 2.33 bits per heavy atom. The van der Waals surface area contributed by atoms with Crippen LogP contribution in [-0.2, 0) is 0 Å². The molecule has 0 aromatic heterocycles. The molecule has 0 aliphatic carbocycles. The van der Waals surface area contributed by atoms with Crippen LogP contribution < -0.4 is 9.47 Å². The van der Waals surface area contributed by atoms with E-state index < -0.39 is 0 Å². The van der Waals surface area contributed by atoms with Crippen LogP contribution in [0.4, 0.5) is 0 Å². The fourth-order valence-corrected chi connectivity index (χ4v) is 2.76. The van der Waals surface area contributed by atoms with Crippen molar-refractivity contribution in [2.45, 2.75) is 18.7 Å². The number of alkyl halides is 1. The summed E-state index contributed by atoms with van der Waals surface area (Å²) in [5, 5.41) is -0.201. The lowest BCUT2D eigenvalue weighted by Crippen LogP contribution is -1.98. The van der Waals surface area contributed by atoms with Gasteiger partial charge in [-0.05, 0) is 57.7 Å². The van der Waals surface area contributed by atoms with Crippen LogP contribution in [0.3, 0.4) is 0 Å². The van der Waals surface area contributed by atoms with Crippen molar-refractivity contribution in [3.05, 3.63) is 58.1 Å². The first-order chi connectivity index (χ1) is 10.2. The predicted molar refractivity (Wildman–Crippen MR) is 90.6 cm³/mol. The van der Waals surface area contributed by atoms with Gasteiger partial charge in [-0.2, -0.15) is 0 Å². The standard InChI is InChI=1S/C17H18BrClO2/c1-3-10-21-16-9-6-13(11-15(16)18)17(19)12-4-7-14(20-2)8-5-12/h4-9,11,17H,3,10H2,1-2H3. The molecule has 1 unspecified atom stereocenters. The molecule has 1 atom stereocenters. The number of hydrogen-bond acceptors (Lipinski definition) is 2. The fraction of sp³-hybridized carbons (Fsp3) is 0.294. The van der Waals surface area contributed by atoms with Crippen molar-refractivity contribution in [1.29, 1.82) is 0 Å². The topological polar surface area (TPSA) is 18.5 Å². The zero-order valence-corrected chi connectivity index (χ0v) is 14.4. The van der Waals surface area contributed by atoms with E-state index in [0.29, 0.717) is 6.61 Å². The van der Waals surface area contributed by atoms with Crippen LogP contribution in [-0.4, -0.2) is 13.7 Å². The summed E-state index contributed by atoms with van der Waals surface area (Å²) in [6.07, 6.45) is 0.984. The average molecular weight is 370 g/mol. The lowest BCUT2D eigenvalue weighted by molar-refractivity contribution is 0.315. The number of benzene rings is 2. The Kier molecular flexibility index (Phi) is 5.95. The molecule has 0 aliphatic rings. The van der Waals surface area contributed by atoms with E-state index in [9.17, 15) is 0 Å². The maximum absolute atomic E-state index is 6.55. The van der Waals surface area contributed by atoms with E-state index in [1.54, 1.807) is 7.11 Å². The van der Waals surface area contributed by atoms with E-state index in [1.807, 2.05) is 42.5 Å². The summed E-state index contributed by atoms with van der Waals surface area (Å²) in [5.41, 5.74) is 2.06. The SMILES string of the molecule is CCCOc1ccc(C(Cl)c2ccc(OC)cc2)cc1Br. The van der Waals surface area contributed by atoms with Crippen LogP contribution in [0.2, 0.25) is 0 Å². The van der Waals surface area contributed by atoms with E-state index in [1.165, 1.54) is 0 Å². The molecule has 4 heteroatoms. The van der Waals surface area contributed by atoms with Gasteiger partial charge in [0.1, 0.15) is 11.5 Å². The number of ether oxygens (including phenoxy) is 2. The molecule has 0 fully saturated rings. The van der Waals surface area contributed by atoms with Gasteiger partial charge in [-0.3, -0.25) is 0 Å². The Morgan fingerprint density at radius 2 is 1.76 bits per heavy atom. The van der Waals surface area contributed by atoms with Crippen LogP contribution in [0.1, 0.15) is 29.8 Å². The van der Waals surface area contributed by atoms with Gasteiger partial charge in [0.15, 0.2) is 0 Å². The summed E-state index contributed by atoms with van der Waals surface area (Å²) >= 11 is 10.1. The van der Waals surface area contributed by atoms with Gasteiger partial charge in [0, 0.05) is 0 Å². The summed E-state index contributed by atoms with van der Waals surface area (Å²) in [6, 6.07) is 13.7. The normalized spacial score (nSPS) is 12.0. The minimum Gasteiger partial charge on any atom is -0.497 e. The van der Waals surface area contributed by atoms with Crippen LogP contribution in [0.15, 0.2) is 46.9 Å². The van der Waals surface area contributed by atoms with Gasteiger partial charge in [-0.25, -0.2) is 0 Å². The van der Waals surface area contributed by atoms with Gasteiger partial charge in [-0.1, -0.05) is 25.1 Å². The van der Waals surface area contributed by atoms with Crippen LogP contribution >= 0.6 is 27.5 Å². The second kappa shape index (κ2) is 7.71. The summed E-state index contributed by atoms with van der Waals surface area (Å²) in [4.78, 5) is 0. The average Bonchev–Trinajstić information content (AvgIpc) is 2.53. The molecule has 0 spiro atoms. The minimum atomic E-state index is -0.201. The minimum absolute atomic E-state index is 0.201. The third-order valence-electron chi connectivity index (χ3n) is 3.12. The Balaban J connectivity index is 2.18. The lowest BCUT2D eigenvalue weighted by Gasteiger charge is -2.13. The van der Waals surface area contributed by atoms with Crippen LogP contribution in [0.5, 0.6) is 11.5 Å². The zero-order chi connectivity index (χ0) is 15.2. The van der Waals surface area contributed by atoms with Crippen LogP contribution in [0, 0.1) is 0 Å². The highest BCUT2D eigenvalue weighted by molar-refractivity contribution is 9.10. The van der Waals surface area contributed by atoms with Crippen molar-refractivity contribution >= 4 is 27.5 Å². The van der Waals surface area contributed by atoms with Gasteiger partial charge in [-0.15, -0.1) is 11.6 Å². The summed E-state index contributed by atoms with van der Waals surface area (Å²) < 4.78 is 11.7. The summed E-state index contributed by atoms with van der Waals surface area (Å²) in [6.45, 7) is 2.79. The third kappa shape index (κ3) is 4.14. The van der Waals surface area contributed by atoms with Gasteiger partial charge in [0.05, 0.1) is 23.6 Å². The molecular weight excluding hydrogens is 352 g/mol. The maximum Gasteiger partial charge on any atom is 0.133 e. The highest BCUT2D eigenvalue weighted by Crippen LogP contribution is 2.34. The smallest absolute Gasteiger partial charge is 0.133 e. The van der Waals surface area contributed by atoms with Crippen molar-refractivity contribution in [3.8, 4) is 11.5 Å². The molecule has 0 bridgehead atoms. The quantitative estimate of drug-likeness (QED) is 0.619. The molecule has 0 heterocycles. The van der Waals surface area contributed by atoms with Crippen molar-refractivity contribution in [1.82, 2.24) is 0 Å². The molecule has 0 radical (unpaired) electrons. The first kappa shape index (κ1) is 16.2. The fourth-order valence-electron chi connectivity index (χ4n) is 1.97. The third-order valence-corrected chi connectivity index (χ3v) is 4.24. The number of methoxy groups -OCH3 is 1. The second-order valence-corrected chi connectivity index (χ2v) is 5.96. The predicted octanol–water partition coefficient (Wildman–Crippen LogP) is 5.57. The molecular formula is C17H18BrClO2. The first-order valence-electron chi connectivity index (χ1n) is 6.86. The highest BCUT2D eigenvalue weighted by Gasteiger charge is 2.13. The molecule has 0 N–H and O–H groups in total. The van der Waals surface area contributed by atoms with E-state index >= 15 is 0 Å². The largest absolute Gasteiger partial charge is 0.497 e. The van der Waals surface area contributed by atoms with Crippen molar-refractivity contribution in [2.75, 3.05) is 13.7 Å². The number of halogens is 2. The van der Waals surface area contributed by atoms with E-state index in [4.69, 9.17) is 21.1 Å². The Bertz CT molecular complexity index is 584. The van der Waals surface area contributed by atoms with Gasteiger partial charge in [0.2, 0.25) is 0 Å². The highest BCUT2D eigenvalue weighted by atomic mass is 79.9. The second-order valence-electron chi connectivity index (χ2n) is 4.67. The molecule has 2 aromatic carbocycles. The molecule has 0 saturated carbocycles. The Morgan fingerprint density at radius 1 is 1.10 bits per heavy atom. The summed E-state index contributed by atoms with van der Waals surface area (Å²) in [5.74, 6) is 1.67. The lowest BCUT2D eigenvalue weighted by atomic mass is 10.0. The van der Waals surface area contributed by atoms with Gasteiger partial charge < -0.3 is 9.47 Å². The molecule has 2 rings (SSSR count). The molecule has 2 nitrogen and oxygen atoms in total. The van der Waals surface area contributed by atoms with Crippen molar-refractivity contribution in [2.24, 2.45) is 0 Å². The molecule has 2 aromatic rings. The Labute approximate surface area is 139 Å². The van der Waals surface area contributed by atoms with Crippen molar-refractivity contribution in [3.63, 3.8) is 0 Å². The number of rotatable bonds is 6. The van der Waals surface area contributed by atoms with E-state index in [2.05, 4.69) is 22.9 Å². The molecule has 0 amide bonds. The molecule has 21 heavy (non-hydrogen) atoms. The van der Waals surface area contributed by atoms with Crippen LogP contribution in [0.25, 0.3) is 0 Å². The maximum atomic E-state index is 6.55. The van der Waals surface area contributed by atoms with E-state index in [-0.39, 0.29) is 5.38 Å². The van der Waals surface area contributed by atoms with Gasteiger partial charge in [0.25, 0.3) is 0 Å². The summed E-state index contributed by atoms with van der Waals surface area (Å²) in [7, 11) is 1.65. The van der Waals surface area contributed by atoms with E-state index in [0.717, 1.165) is 33.5 Å². The Hall–Kier alpha value is -1.19. The number of hydrogen-bond donors (Lipinski definition) is 0.